The zero-order chi connectivity index (χ0) is 20.1. The third-order valence-electron chi connectivity index (χ3n) is 5.15. The summed E-state index contributed by atoms with van der Waals surface area (Å²) >= 11 is 0. The van der Waals surface area contributed by atoms with Gasteiger partial charge in [0.1, 0.15) is 0 Å². The number of aryl methyl sites for hydroxylation is 1. The highest BCUT2D eigenvalue weighted by molar-refractivity contribution is 7.92. The van der Waals surface area contributed by atoms with Crippen molar-refractivity contribution in [3.05, 3.63) is 71.1 Å². The summed E-state index contributed by atoms with van der Waals surface area (Å²) in [5.74, 6) is -0.114. The van der Waals surface area contributed by atoms with Gasteiger partial charge >= 0.3 is 0 Å². The minimum absolute atomic E-state index is 0.0423. The molecule has 1 saturated heterocycles. The Labute approximate surface area is 167 Å². The summed E-state index contributed by atoms with van der Waals surface area (Å²) in [5.41, 5.74) is 2.85. The number of hydrogen-bond acceptors (Lipinski definition) is 3. The highest BCUT2D eigenvalue weighted by atomic mass is 32.2. The Kier molecular flexibility index (Phi) is 6.31. The molecule has 28 heavy (non-hydrogen) atoms. The fourth-order valence-electron chi connectivity index (χ4n) is 3.34. The van der Waals surface area contributed by atoms with Gasteiger partial charge in [-0.1, -0.05) is 48.0 Å². The van der Waals surface area contributed by atoms with Gasteiger partial charge in [-0.15, -0.1) is 0 Å². The number of hydrogen-bond donors (Lipinski definition) is 0. The zero-order valence-corrected chi connectivity index (χ0v) is 17.1. The van der Waals surface area contributed by atoms with Crippen LogP contribution in [0.3, 0.4) is 0 Å². The number of benzene rings is 2. The van der Waals surface area contributed by atoms with Crippen molar-refractivity contribution >= 4 is 27.7 Å². The second-order valence-corrected chi connectivity index (χ2v) is 8.98. The van der Waals surface area contributed by atoms with Gasteiger partial charge in [-0.25, -0.2) is 8.42 Å². The summed E-state index contributed by atoms with van der Waals surface area (Å²) in [6.07, 6.45) is 2.68. The average Bonchev–Trinajstić information content (AvgIpc) is 2.73. The lowest BCUT2D eigenvalue weighted by atomic mass is 9.96. The van der Waals surface area contributed by atoms with E-state index >= 15 is 0 Å². The summed E-state index contributed by atoms with van der Waals surface area (Å²) < 4.78 is 26.6. The normalized spacial score (nSPS) is 16.4. The summed E-state index contributed by atoms with van der Waals surface area (Å²) in [6.45, 7) is 2.73. The summed E-state index contributed by atoms with van der Waals surface area (Å²) in [4.78, 5) is 14.5. The van der Waals surface area contributed by atoms with Crippen molar-refractivity contribution in [1.82, 2.24) is 4.31 Å². The number of nitrogens with zero attached hydrogens (tertiary/aromatic N) is 2. The SMILES string of the molecule is Cc1ccc(N(C)C(=O)C2CCN(S(=O)(=O)/C=C/c3ccccc3)CC2)cc1. The van der Waals surface area contributed by atoms with Crippen LogP contribution < -0.4 is 4.90 Å². The number of sulfonamides is 1. The zero-order valence-electron chi connectivity index (χ0n) is 16.3. The van der Waals surface area contributed by atoms with Crippen molar-refractivity contribution in [1.29, 1.82) is 0 Å². The topological polar surface area (TPSA) is 57.7 Å². The van der Waals surface area contributed by atoms with Crippen LogP contribution >= 0.6 is 0 Å². The van der Waals surface area contributed by atoms with E-state index in [1.54, 1.807) is 18.0 Å². The lowest BCUT2D eigenvalue weighted by Gasteiger charge is -2.32. The van der Waals surface area contributed by atoms with Gasteiger partial charge in [-0.05, 0) is 43.5 Å². The van der Waals surface area contributed by atoms with Crippen LogP contribution in [0.15, 0.2) is 60.0 Å². The standard InChI is InChI=1S/C22H26N2O3S/c1-18-8-10-21(11-9-18)23(2)22(25)20-12-15-24(16-13-20)28(26,27)17-14-19-6-4-3-5-7-19/h3-11,14,17,20H,12-13,15-16H2,1-2H3/b17-14+. The van der Waals surface area contributed by atoms with Crippen LogP contribution in [0.25, 0.3) is 6.08 Å². The number of carbonyl (C=O) groups is 1. The van der Waals surface area contributed by atoms with Gasteiger partial charge in [0.05, 0.1) is 0 Å². The van der Waals surface area contributed by atoms with Crippen LogP contribution in [-0.4, -0.2) is 38.8 Å². The molecular weight excluding hydrogens is 372 g/mol. The number of amides is 1. The molecule has 2 aromatic rings. The Morgan fingerprint density at radius 2 is 1.64 bits per heavy atom. The van der Waals surface area contributed by atoms with Crippen molar-refractivity contribution in [2.75, 3.05) is 25.0 Å². The molecule has 1 aliphatic heterocycles. The van der Waals surface area contributed by atoms with Gasteiger partial charge in [0.25, 0.3) is 0 Å². The van der Waals surface area contributed by atoms with Gasteiger partial charge in [0.2, 0.25) is 15.9 Å². The molecule has 3 rings (SSSR count). The van der Waals surface area contributed by atoms with Crippen LogP contribution in [0.1, 0.15) is 24.0 Å². The lowest BCUT2D eigenvalue weighted by molar-refractivity contribution is -0.123. The first-order valence-electron chi connectivity index (χ1n) is 9.44. The minimum atomic E-state index is -3.48. The summed E-state index contributed by atoms with van der Waals surface area (Å²) in [5, 5.41) is 1.25. The van der Waals surface area contributed by atoms with Crippen molar-refractivity contribution in [2.45, 2.75) is 19.8 Å². The molecule has 0 radical (unpaired) electrons. The van der Waals surface area contributed by atoms with E-state index < -0.39 is 10.0 Å². The Morgan fingerprint density at radius 1 is 1.04 bits per heavy atom. The van der Waals surface area contributed by atoms with Gasteiger partial charge in [0, 0.05) is 37.2 Å². The molecule has 0 aromatic heterocycles. The van der Waals surface area contributed by atoms with E-state index in [2.05, 4.69) is 0 Å². The number of rotatable bonds is 5. The third kappa shape index (κ3) is 4.88. The van der Waals surface area contributed by atoms with Gasteiger partial charge in [-0.3, -0.25) is 4.79 Å². The van der Waals surface area contributed by atoms with Gasteiger partial charge < -0.3 is 4.90 Å². The lowest BCUT2D eigenvalue weighted by Crippen LogP contribution is -2.43. The molecule has 0 spiro atoms. The van der Waals surface area contributed by atoms with Crippen molar-refractivity contribution < 1.29 is 13.2 Å². The molecule has 5 nitrogen and oxygen atoms in total. The molecule has 6 heteroatoms. The number of piperidine rings is 1. The maximum absolute atomic E-state index is 12.8. The molecule has 0 aliphatic carbocycles. The number of carbonyl (C=O) groups excluding carboxylic acids is 1. The van der Waals surface area contributed by atoms with E-state index in [1.165, 1.54) is 9.71 Å². The summed E-state index contributed by atoms with van der Waals surface area (Å²) in [6, 6.07) is 17.2. The van der Waals surface area contributed by atoms with Crippen LogP contribution in [0.4, 0.5) is 5.69 Å². The van der Waals surface area contributed by atoms with E-state index in [1.807, 2.05) is 61.5 Å². The monoisotopic (exact) mass is 398 g/mol. The molecule has 0 bridgehead atoms. The van der Waals surface area contributed by atoms with E-state index in [0.717, 1.165) is 16.8 Å². The molecule has 0 unspecified atom stereocenters. The fraction of sp³-hybridized carbons (Fsp3) is 0.318. The fourth-order valence-corrected chi connectivity index (χ4v) is 4.56. The molecular formula is C22H26N2O3S. The highest BCUT2D eigenvalue weighted by Gasteiger charge is 2.31. The molecule has 2 aromatic carbocycles. The van der Waals surface area contributed by atoms with Crippen LogP contribution in [0, 0.1) is 12.8 Å². The molecule has 1 aliphatic rings. The third-order valence-corrected chi connectivity index (χ3v) is 6.71. The molecule has 0 saturated carbocycles. The first-order chi connectivity index (χ1) is 13.4. The Morgan fingerprint density at radius 3 is 2.25 bits per heavy atom. The van der Waals surface area contributed by atoms with Crippen molar-refractivity contribution in [3.63, 3.8) is 0 Å². The van der Waals surface area contributed by atoms with Gasteiger partial charge in [-0.2, -0.15) is 4.31 Å². The summed E-state index contributed by atoms with van der Waals surface area (Å²) in [7, 11) is -1.70. The molecule has 148 valence electrons. The molecule has 1 fully saturated rings. The quantitative estimate of drug-likeness (QED) is 0.772. The van der Waals surface area contributed by atoms with Crippen LogP contribution in [-0.2, 0) is 14.8 Å². The predicted octanol–water partition coefficient (Wildman–Crippen LogP) is 3.67. The second kappa shape index (κ2) is 8.71. The first-order valence-corrected chi connectivity index (χ1v) is 10.9. The molecule has 0 atom stereocenters. The van der Waals surface area contributed by atoms with Crippen LogP contribution in [0.5, 0.6) is 0 Å². The Hall–Kier alpha value is -2.44. The minimum Gasteiger partial charge on any atom is -0.315 e. The highest BCUT2D eigenvalue weighted by Crippen LogP contribution is 2.24. The smallest absolute Gasteiger partial charge is 0.236 e. The largest absolute Gasteiger partial charge is 0.315 e. The Balaban J connectivity index is 1.59. The van der Waals surface area contributed by atoms with E-state index in [4.69, 9.17) is 0 Å². The first kappa shape index (κ1) is 20.3. The number of anilines is 1. The van der Waals surface area contributed by atoms with Crippen molar-refractivity contribution in [2.24, 2.45) is 5.92 Å². The molecule has 0 N–H and O–H groups in total. The maximum atomic E-state index is 12.8. The maximum Gasteiger partial charge on any atom is 0.236 e. The molecule has 1 heterocycles. The Bertz CT molecular complexity index is 930. The van der Waals surface area contributed by atoms with Gasteiger partial charge in [0.15, 0.2) is 0 Å². The second-order valence-electron chi connectivity index (χ2n) is 7.16. The van der Waals surface area contributed by atoms with Crippen LogP contribution in [0.2, 0.25) is 0 Å². The molecule has 1 amide bonds. The van der Waals surface area contributed by atoms with Crippen molar-refractivity contribution in [3.8, 4) is 0 Å². The average molecular weight is 399 g/mol. The van der Waals surface area contributed by atoms with E-state index in [9.17, 15) is 13.2 Å². The van der Waals surface area contributed by atoms with E-state index in [-0.39, 0.29) is 11.8 Å². The van der Waals surface area contributed by atoms with E-state index in [0.29, 0.717) is 25.9 Å². The predicted molar refractivity (Wildman–Crippen MR) is 113 cm³/mol.